The maximum Gasteiger partial charge on any atom is 0.0237 e. The number of hydrogen-bond donors (Lipinski definition) is 1. The number of hydrogen-bond acceptors (Lipinski definition) is 3. The molecule has 0 amide bonds. The molecule has 1 aromatic carbocycles. The van der Waals surface area contributed by atoms with Crippen molar-refractivity contribution in [2.24, 2.45) is 5.73 Å². The Morgan fingerprint density at radius 1 is 1.38 bits per heavy atom. The largest absolute Gasteiger partial charge is 0.326 e. The van der Waals surface area contributed by atoms with Crippen molar-refractivity contribution in [2.75, 3.05) is 18.6 Å². The van der Waals surface area contributed by atoms with Crippen molar-refractivity contribution in [3.63, 3.8) is 0 Å². The maximum atomic E-state index is 5.76. The van der Waals surface area contributed by atoms with E-state index in [-0.39, 0.29) is 0 Å². The van der Waals surface area contributed by atoms with Gasteiger partial charge in [-0.3, -0.25) is 4.90 Å². The summed E-state index contributed by atoms with van der Waals surface area (Å²) >= 11 is 2.06. The number of nitrogens with two attached hydrogens (primary N) is 1. The van der Waals surface area contributed by atoms with E-state index in [1.807, 2.05) is 0 Å². The Morgan fingerprint density at radius 3 is 2.75 bits per heavy atom. The van der Waals surface area contributed by atoms with Gasteiger partial charge in [0.25, 0.3) is 0 Å². The van der Waals surface area contributed by atoms with Gasteiger partial charge in [-0.1, -0.05) is 24.3 Å². The van der Waals surface area contributed by atoms with E-state index in [0.717, 1.165) is 12.6 Å². The molecule has 0 radical (unpaired) electrons. The van der Waals surface area contributed by atoms with E-state index in [0.29, 0.717) is 6.54 Å². The fraction of sp³-hybridized carbons (Fsp3) is 0.538. The Balaban J connectivity index is 2.01. The van der Waals surface area contributed by atoms with Gasteiger partial charge in [-0.25, -0.2) is 0 Å². The van der Waals surface area contributed by atoms with E-state index in [1.54, 1.807) is 0 Å². The molecule has 2 N–H and O–H groups in total. The molecule has 1 aromatic rings. The molecule has 1 aliphatic rings. The minimum absolute atomic E-state index is 0.642. The predicted molar refractivity (Wildman–Crippen MR) is 71.5 cm³/mol. The first-order chi connectivity index (χ1) is 7.81. The summed E-state index contributed by atoms with van der Waals surface area (Å²) in [7, 11) is 2.23. The molecule has 1 saturated heterocycles. The average molecular weight is 236 g/mol. The van der Waals surface area contributed by atoms with E-state index in [2.05, 4.69) is 48.0 Å². The highest BCUT2D eigenvalue weighted by atomic mass is 32.2. The van der Waals surface area contributed by atoms with Gasteiger partial charge in [-0.15, -0.1) is 0 Å². The third kappa shape index (κ3) is 2.78. The van der Waals surface area contributed by atoms with Crippen LogP contribution in [0.4, 0.5) is 0 Å². The fourth-order valence-electron chi connectivity index (χ4n) is 2.18. The van der Waals surface area contributed by atoms with Gasteiger partial charge in [0.05, 0.1) is 0 Å². The number of nitrogens with zero attached hydrogens (tertiary/aromatic N) is 1. The topological polar surface area (TPSA) is 29.3 Å². The lowest BCUT2D eigenvalue weighted by Gasteiger charge is -2.24. The Kier molecular flexibility index (Phi) is 4.27. The van der Waals surface area contributed by atoms with Crippen molar-refractivity contribution in [3.8, 4) is 0 Å². The van der Waals surface area contributed by atoms with Crippen LogP contribution in [0.25, 0.3) is 0 Å². The summed E-state index contributed by atoms with van der Waals surface area (Å²) < 4.78 is 0. The lowest BCUT2D eigenvalue weighted by molar-refractivity contribution is 0.254. The van der Waals surface area contributed by atoms with Gasteiger partial charge in [0, 0.05) is 24.9 Å². The highest BCUT2D eigenvalue weighted by Gasteiger charge is 2.20. The predicted octanol–water partition coefficient (Wildman–Crippen LogP) is 2.08. The molecule has 0 aromatic heterocycles. The first-order valence-corrected chi connectivity index (χ1v) is 7.01. The molecule has 0 aliphatic carbocycles. The van der Waals surface area contributed by atoms with Gasteiger partial charge in [-0.05, 0) is 30.3 Å². The molecule has 0 spiro atoms. The van der Waals surface area contributed by atoms with Gasteiger partial charge in [0.1, 0.15) is 0 Å². The van der Waals surface area contributed by atoms with Gasteiger partial charge in [0.15, 0.2) is 0 Å². The molecule has 88 valence electrons. The SMILES string of the molecule is CN(Cc1ccccc1CN)C1CCSC1. The highest BCUT2D eigenvalue weighted by molar-refractivity contribution is 7.99. The molecule has 16 heavy (non-hydrogen) atoms. The maximum absolute atomic E-state index is 5.76. The molecule has 1 unspecified atom stereocenters. The van der Waals surface area contributed by atoms with Crippen LogP contribution in [-0.4, -0.2) is 29.5 Å². The van der Waals surface area contributed by atoms with E-state index < -0.39 is 0 Å². The molecular formula is C13H20N2S. The highest BCUT2D eigenvalue weighted by Crippen LogP contribution is 2.23. The van der Waals surface area contributed by atoms with Crippen molar-refractivity contribution >= 4 is 11.8 Å². The number of thioether (sulfide) groups is 1. The monoisotopic (exact) mass is 236 g/mol. The molecule has 1 aliphatic heterocycles. The zero-order valence-electron chi connectivity index (χ0n) is 9.86. The first kappa shape index (κ1) is 12.0. The van der Waals surface area contributed by atoms with Crippen molar-refractivity contribution in [1.82, 2.24) is 4.90 Å². The minimum Gasteiger partial charge on any atom is -0.326 e. The van der Waals surface area contributed by atoms with Crippen LogP contribution in [0.5, 0.6) is 0 Å². The Labute approximate surface area is 102 Å². The van der Waals surface area contributed by atoms with Gasteiger partial charge in [0.2, 0.25) is 0 Å². The molecule has 1 heterocycles. The second-order valence-corrected chi connectivity index (χ2v) is 5.56. The first-order valence-electron chi connectivity index (χ1n) is 5.86. The summed E-state index contributed by atoms with van der Waals surface area (Å²) in [5.74, 6) is 2.59. The van der Waals surface area contributed by atoms with E-state index in [9.17, 15) is 0 Å². The van der Waals surface area contributed by atoms with Crippen LogP contribution in [0.2, 0.25) is 0 Å². The molecule has 0 bridgehead atoms. The summed E-state index contributed by atoms with van der Waals surface area (Å²) in [5, 5.41) is 0. The lowest BCUT2D eigenvalue weighted by atomic mass is 10.1. The normalized spacial score (nSPS) is 20.6. The Morgan fingerprint density at radius 2 is 2.12 bits per heavy atom. The summed E-state index contributed by atoms with van der Waals surface area (Å²) in [6.45, 7) is 1.67. The third-order valence-corrected chi connectivity index (χ3v) is 4.43. The quantitative estimate of drug-likeness (QED) is 0.868. The Bertz CT molecular complexity index is 334. The zero-order chi connectivity index (χ0) is 11.4. The van der Waals surface area contributed by atoms with Crippen molar-refractivity contribution in [1.29, 1.82) is 0 Å². The van der Waals surface area contributed by atoms with Crippen LogP contribution in [0, 0.1) is 0 Å². The van der Waals surface area contributed by atoms with Crippen LogP contribution in [-0.2, 0) is 13.1 Å². The van der Waals surface area contributed by atoms with Crippen LogP contribution in [0.15, 0.2) is 24.3 Å². The molecule has 2 nitrogen and oxygen atoms in total. The van der Waals surface area contributed by atoms with E-state index in [4.69, 9.17) is 5.73 Å². The second-order valence-electron chi connectivity index (χ2n) is 4.41. The van der Waals surface area contributed by atoms with Gasteiger partial charge < -0.3 is 5.73 Å². The van der Waals surface area contributed by atoms with Crippen LogP contribution < -0.4 is 5.73 Å². The summed E-state index contributed by atoms with van der Waals surface area (Å²) in [6, 6.07) is 9.24. The molecular weight excluding hydrogens is 216 g/mol. The van der Waals surface area contributed by atoms with E-state index >= 15 is 0 Å². The third-order valence-electron chi connectivity index (χ3n) is 3.29. The zero-order valence-corrected chi connectivity index (χ0v) is 10.7. The minimum atomic E-state index is 0.642. The molecule has 0 saturated carbocycles. The lowest BCUT2D eigenvalue weighted by Crippen LogP contribution is -2.31. The summed E-state index contributed by atoms with van der Waals surface area (Å²) in [5.41, 5.74) is 8.41. The van der Waals surface area contributed by atoms with Crippen molar-refractivity contribution in [2.45, 2.75) is 25.6 Å². The fourth-order valence-corrected chi connectivity index (χ4v) is 3.48. The average Bonchev–Trinajstić information content (AvgIpc) is 2.83. The summed E-state index contributed by atoms with van der Waals surface area (Å²) in [6.07, 6.45) is 1.33. The Hall–Kier alpha value is -0.510. The van der Waals surface area contributed by atoms with Crippen molar-refractivity contribution in [3.05, 3.63) is 35.4 Å². The van der Waals surface area contributed by atoms with Crippen molar-refractivity contribution < 1.29 is 0 Å². The van der Waals surface area contributed by atoms with Crippen LogP contribution in [0.3, 0.4) is 0 Å². The summed E-state index contributed by atoms with van der Waals surface area (Å²) in [4.78, 5) is 2.47. The van der Waals surface area contributed by atoms with Crippen LogP contribution in [0.1, 0.15) is 17.5 Å². The molecule has 2 rings (SSSR count). The molecule has 3 heteroatoms. The second kappa shape index (κ2) is 5.71. The number of rotatable bonds is 4. The standard InChI is InChI=1S/C13H20N2S/c1-15(13-6-7-16-10-13)9-12-5-3-2-4-11(12)8-14/h2-5,13H,6-10,14H2,1H3. The smallest absolute Gasteiger partial charge is 0.0237 e. The van der Waals surface area contributed by atoms with Gasteiger partial charge >= 0.3 is 0 Å². The van der Waals surface area contributed by atoms with Crippen LogP contribution >= 0.6 is 11.8 Å². The molecule has 1 atom stereocenters. The molecule has 1 fully saturated rings. The van der Waals surface area contributed by atoms with Gasteiger partial charge in [-0.2, -0.15) is 11.8 Å². The van der Waals surface area contributed by atoms with E-state index in [1.165, 1.54) is 29.1 Å². The number of benzene rings is 1.